The van der Waals surface area contributed by atoms with E-state index >= 15 is 0 Å². The minimum absolute atomic E-state index is 0.0765. The lowest BCUT2D eigenvalue weighted by Gasteiger charge is -2.07. The summed E-state index contributed by atoms with van der Waals surface area (Å²) in [5.41, 5.74) is 0.333. The molecule has 1 aliphatic rings. The number of carbonyl (C=O) groups excluding carboxylic acids is 2. The van der Waals surface area contributed by atoms with Gasteiger partial charge >= 0.3 is 0 Å². The number of amidine groups is 1. The smallest absolute Gasteiger partial charge is 0.263 e. The SMILES string of the molecule is O=C(CN=C1NS(=O)(=O)c2ccccc21)NCCNC(=O)c1ccccc1F. The molecule has 0 atom stereocenters. The van der Waals surface area contributed by atoms with Crippen LogP contribution in [0.4, 0.5) is 4.39 Å². The Hall–Kier alpha value is -3.27. The Labute approximate surface area is 160 Å². The Morgan fingerprint density at radius 2 is 1.68 bits per heavy atom. The number of carbonyl (C=O) groups is 2. The van der Waals surface area contributed by atoms with Crippen LogP contribution in [0, 0.1) is 5.82 Å². The molecule has 2 aromatic rings. The molecule has 1 heterocycles. The maximum atomic E-state index is 13.5. The first-order valence-electron chi connectivity index (χ1n) is 8.34. The van der Waals surface area contributed by atoms with Crippen LogP contribution in [0.1, 0.15) is 15.9 Å². The number of aliphatic imine (C=N–C) groups is 1. The number of benzene rings is 2. The molecule has 10 heteroatoms. The van der Waals surface area contributed by atoms with E-state index in [0.717, 1.165) is 0 Å². The second-order valence-corrected chi connectivity index (χ2v) is 7.50. The van der Waals surface area contributed by atoms with E-state index < -0.39 is 27.7 Å². The van der Waals surface area contributed by atoms with Gasteiger partial charge in [-0.05, 0) is 24.3 Å². The number of amides is 2. The summed E-state index contributed by atoms with van der Waals surface area (Å²) in [5.74, 6) is -1.54. The highest BCUT2D eigenvalue weighted by Gasteiger charge is 2.30. The molecule has 146 valence electrons. The quantitative estimate of drug-likeness (QED) is 0.605. The summed E-state index contributed by atoms with van der Waals surface area (Å²) in [6.45, 7) is -0.0649. The van der Waals surface area contributed by atoms with Crippen LogP contribution in [0.5, 0.6) is 0 Å². The normalized spacial score (nSPS) is 15.5. The van der Waals surface area contributed by atoms with Crippen molar-refractivity contribution >= 4 is 27.7 Å². The molecular weight excluding hydrogens is 387 g/mol. The second-order valence-electron chi connectivity index (χ2n) is 5.85. The lowest BCUT2D eigenvalue weighted by Crippen LogP contribution is -2.36. The van der Waals surface area contributed by atoms with E-state index in [1.807, 2.05) is 0 Å². The van der Waals surface area contributed by atoms with Crippen LogP contribution in [0.25, 0.3) is 0 Å². The van der Waals surface area contributed by atoms with E-state index in [9.17, 15) is 22.4 Å². The van der Waals surface area contributed by atoms with Crippen LogP contribution >= 0.6 is 0 Å². The third kappa shape index (κ3) is 4.34. The Morgan fingerprint density at radius 1 is 1.00 bits per heavy atom. The number of nitrogens with one attached hydrogen (secondary N) is 3. The van der Waals surface area contributed by atoms with Gasteiger partial charge in [-0.25, -0.2) is 12.8 Å². The van der Waals surface area contributed by atoms with Gasteiger partial charge in [-0.2, -0.15) is 0 Å². The van der Waals surface area contributed by atoms with Crippen molar-refractivity contribution in [2.75, 3.05) is 19.6 Å². The molecular formula is C18H17FN4O4S. The molecule has 0 aromatic heterocycles. The topological polar surface area (TPSA) is 117 Å². The monoisotopic (exact) mass is 404 g/mol. The van der Waals surface area contributed by atoms with Gasteiger partial charge in [-0.3, -0.25) is 19.3 Å². The van der Waals surface area contributed by atoms with Gasteiger partial charge in [0.15, 0.2) is 0 Å². The maximum Gasteiger partial charge on any atom is 0.263 e. The van der Waals surface area contributed by atoms with Crippen molar-refractivity contribution in [3.8, 4) is 0 Å². The third-order valence-corrected chi connectivity index (χ3v) is 5.29. The Morgan fingerprint density at radius 3 is 2.46 bits per heavy atom. The van der Waals surface area contributed by atoms with E-state index in [0.29, 0.717) is 5.56 Å². The fourth-order valence-electron chi connectivity index (χ4n) is 2.58. The third-order valence-electron chi connectivity index (χ3n) is 3.89. The molecule has 3 rings (SSSR count). The number of halogens is 1. The van der Waals surface area contributed by atoms with Crippen LogP contribution in [0.2, 0.25) is 0 Å². The Kier molecular flexibility index (Phi) is 5.69. The van der Waals surface area contributed by atoms with Gasteiger partial charge < -0.3 is 10.6 Å². The predicted molar refractivity (Wildman–Crippen MR) is 99.9 cm³/mol. The minimum atomic E-state index is -3.65. The van der Waals surface area contributed by atoms with Gasteiger partial charge in [0.2, 0.25) is 5.91 Å². The lowest BCUT2D eigenvalue weighted by molar-refractivity contribution is -0.119. The first-order valence-corrected chi connectivity index (χ1v) is 9.83. The van der Waals surface area contributed by atoms with Gasteiger partial charge in [0.1, 0.15) is 18.2 Å². The van der Waals surface area contributed by atoms with Crippen molar-refractivity contribution in [3.05, 3.63) is 65.5 Å². The van der Waals surface area contributed by atoms with Crippen LogP contribution < -0.4 is 15.4 Å². The molecule has 2 aromatic carbocycles. The zero-order chi connectivity index (χ0) is 20.1. The van der Waals surface area contributed by atoms with Crippen LogP contribution in [-0.4, -0.2) is 45.7 Å². The Balaban J connectivity index is 1.48. The van der Waals surface area contributed by atoms with E-state index in [1.165, 1.54) is 24.3 Å². The molecule has 0 unspecified atom stereocenters. The summed E-state index contributed by atoms with van der Waals surface area (Å²) in [6.07, 6.45) is 0. The van der Waals surface area contributed by atoms with Gasteiger partial charge in [0.05, 0.1) is 10.5 Å². The molecule has 0 bridgehead atoms. The molecule has 8 nitrogen and oxygen atoms in total. The first kappa shape index (κ1) is 19.5. The van der Waals surface area contributed by atoms with Gasteiger partial charge in [-0.1, -0.05) is 24.3 Å². The van der Waals surface area contributed by atoms with Gasteiger partial charge in [0.25, 0.3) is 15.9 Å². The zero-order valence-corrected chi connectivity index (χ0v) is 15.4. The van der Waals surface area contributed by atoms with Crippen molar-refractivity contribution in [1.29, 1.82) is 0 Å². The van der Waals surface area contributed by atoms with E-state index in [-0.39, 0.29) is 35.9 Å². The molecule has 0 saturated heterocycles. The maximum absolute atomic E-state index is 13.5. The van der Waals surface area contributed by atoms with Crippen LogP contribution in [-0.2, 0) is 14.8 Å². The number of hydrogen-bond acceptors (Lipinski definition) is 5. The molecule has 0 radical (unpaired) electrons. The van der Waals surface area contributed by atoms with Crippen molar-refractivity contribution in [2.24, 2.45) is 4.99 Å². The molecule has 0 spiro atoms. The predicted octanol–water partition coefficient (Wildman–Crippen LogP) is 0.410. The summed E-state index contributed by atoms with van der Waals surface area (Å²) in [4.78, 5) is 27.8. The standard InChI is InChI=1S/C18H17FN4O4S/c19-14-7-3-1-5-12(14)18(25)21-10-9-20-16(24)11-22-17-13-6-2-4-8-15(13)28(26,27)23-17/h1-8H,9-11H2,(H,20,24)(H,21,25)(H,22,23). The average Bonchev–Trinajstić information content (AvgIpc) is 2.94. The van der Waals surface area contributed by atoms with Crippen molar-refractivity contribution in [3.63, 3.8) is 0 Å². The molecule has 0 saturated carbocycles. The molecule has 3 N–H and O–H groups in total. The van der Waals surface area contributed by atoms with Crippen molar-refractivity contribution in [1.82, 2.24) is 15.4 Å². The number of fused-ring (bicyclic) bond motifs is 1. The van der Waals surface area contributed by atoms with Crippen LogP contribution in [0.15, 0.2) is 58.4 Å². The largest absolute Gasteiger partial charge is 0.353 e. The fraction of sp³-hybridized carbons (Fsp3) is 0.167. The summed E-state index contributed by atoms with van der Waals surface area (Å²) in [7, 11) is -3.65. The van der Waals surface area contributed by atoms with E-state index in [4.69, 9.17) is 0 Å². The number of rotatable bonds is 6. The fourth-order valence-corrected chi connectivity index (χ4v) is 3.83. The van der Waals surface area contributed by atoms with Crippen molar-refractivity contribution in [2.45, 2.75) is 4.90 Å². The molecule has 28 heavy (non-hydrogen) atoms. The van der Waals surface area contributed by atoms with E-state index in [2.05, 4.69) is 20.3 Å². The Bertz CT molecular complexity index is 1050. The van der Waals surface area contributed by atoms with Gasteiger partial charge in [-0.15, -0.1) is 0 Å². The minimum Gasteiger partial charge on any atom is -0.353 e. The molecule has 1 aliphatic heterocycles. The molecule has 0 fully saturated rings. The number of hydrogen-bond donors (Lipinski definition) is 3. The molecule has 0 aliphatic carbocycles. The zero-order valence-electron chi connectivity index (χ0n) is 14.6. The van der Waals surface area contributed by atoms with Crippen molar-refractivity contribution < 1.29 is 22.4 Å². The highest BCUT2D eigenvalue weighted by molar-refractivity contribution is 7.90. The first-order chi connectivity index (χ1) is 13.4. The van der Waals surface area contributed by atoms with E-state index in [1.54, 1.807) is 24.3 Å². The highest BCUT2D eigenvalue weighted by Crippen LogP contribution is 2.21. The highest BCUT2D eigenvalue weighted by atomic mass is 32.2. The summed E-state index contributed by atoms with van der Waals surface area (Å²) >= 11 is 0. The number of sulfonamides is 1. The summed E-state index contributed by atoms with van der Waals surface area (Å²) < 4.78 is 39.7. The molecule has 2 amide bonds. The van der Waals surface area contributed by atoms with Crippen LogP contribution in [0.3, 0.4) is 0 Å². The number of nitrogens with zero attached hydrogens (tertiary/aromatic N) is 1. The average molecular weight is 404 g/mol. The van der Waals surface area contributed by atoms with Gasteiger partial charge in [0, 0.05) is 18.7 Å². The summed E-state index contributed by atoms with van der Waals surface area (Å²) in [5, 5.41) is 5.04. The summed E-state index contributed by atoms with van der Waals surface area (Å²) in [6, 6.07) is 11.9. The second kappa shape index (κ2) is 8.17. The lowest BCUT2D eigenvalue weighted by atomic mass is 10.2.